The highest BCUT2D eigenvalue weighted by Crippen LogP contribution is 2.37. The van der Waals surface area contributed by atoms with Crippen LogP contribution in [0.5, 0.6) is 5.75 Å². The van der Waals surface area contributed by atoms with Gasteiger partial charge in [-0.2, -0.15) is 0 Å². The first-order chi connectivity index (χ1) is 12.5. The Morgan fingerprint density at radius 3 is 2.58 bits per heavy atom. The van der Waals surface area contributed by atoms with E-state index in [0.29, 0.717) is 22.6 Å². The second-order valence-corrected chi connectivity index (χ2v) is 6.54. The summed E-state index contributed by atoms with van der Waals surface area (Å²) in [6, 6.07) is 11.5. The smallest absolute Gasteiger partial charge is 0.343 e. The van der Waals surface area contributed by atoms with Gasteiger partial charge in [0.05, 0.1) is 16.9 Å². The first-order valence-corrected chi connectivity index (χ1v) is 8.57. The van der Waals surface area contributed by atoms with E-state index in [2.05, 4.69) is 10.2 Å². The minimum absolute atomic E-state index is 0.0275. The van der Waals surface area contributed by atoms with Crippen molar-refractivity contribution in [1.82, 2.24) is 0 Å². The number of rotatable bonds is 3. The van der Waals surface area contributed by atoms with Gasteiger partial charge in [-0.25, -0.2) is 4.79 Å². The SMILES string of the molecule is CC(=O)c1ccc(OC(=O)c2ccc3c(c2)NC(=O)[C@H]2CCCN32)cc1. The highest BCUT2D eigenvalue weighted by atomic mass is 16.5. The van der Waals surface area contributed by atoms with Crippen LogP contribution in [0, 0.1) is 0 Å². The van der Waals surface area contributed by atoms with Crippen molar-refractivity contribution in [1.29, 1.82) is 0 Å². The number of hydrogen-bond donors (Lipinski definition) is 1. The largest absolute Gasteiger partial charge is 0.423 e. The number of ketones is 1. The lowest BCUT2D eigenvalue weighted by atomic mass is 10.1. The van der Waals surface area contributed by atoms with E-state index < -0.39 is 5.97 Å². The van der Waals surface area contributed by atoms with Crippen molar-refractivity contribution < 1.29 is 19.1 Å². The van der Waals surface area contributed by atoms with E-state index in [0.717, 1.165) is 25.1 Å². The van der Waals surface area contributed by atoms with Crippen LogP contribution in [0.3, 0.4) is 0 Å². The van der Waals surface area contributed by atoms with Gasteiger partial charge in [0.15, 0.2) is 5.78 Å². The maximum absolute atomic E-state index is 12.4. The molecule has 0 radical (unpaired) electrons. The van der Waals surface area contributed by atoms with Crippen molar-refractivity contribution >= 4 is 29.0 Å². The lowest BCUT2D eigenvalue weighted by Crippen LogP contribution is -2.43. The van der Waals surface area contributed by atoms with Crippen molar-refractivity contribution in [3.05, 3.63) is 53.6 Å². The molecule has 0 saturated carbocycles. The fourth-order valence-electron chi connectivity index (χ4n) is 3.48. The zero-order valence-electron chi connectivity index (χ0n) is 14.3. The van der Waals surface area contributed by atoms with Gasteiger partial charge in [0.25, 0.3) is 0 Å². The van der Waals surface area contributed by atoms with E-state index in [-0.39, 0.29) is 17.7 Å². The number of carbonyl (C=O) groups is 3. The van der Waals surface area contributed by atoms with Crippen LogP contribution in [0.15, 0.2) is 42.5 Å². The molecule has 6 nitrogen and oxygen atoms in total. The average Bonchev–Trinajstić information content (AvgIpc) is 3.12. The third-order valence-corrected chi connectivity index (χ3v) is 4.83. The molecule has 2 aliphatic rings. The average molecular weight is 350 g/mol. The first kappa shape index (κ1) is 16.3. The number of esters is 1. The zero-order chi connectivity index (χ0) is 18.3. The normalized spacial score (nSPS) is 18.0. The van der Waals surface area contributed by atoms with Gasteiger partial charge in [-0.05, 0) is 62.2 Å². The number of nitrogens with zero attached hydrogens (tertiary/aromatic N) is 1. The van der Waals surface area contributed by atoms with Crippen LogP contribution in [0.1, 0.15) is 40.5 Å². The van der Waals surface area contributed by atoms with E-state index in [1.807, 2.05) is 6.07 Å². The van der Waals surface area contributed by atoms with Gasteiger partial charge in [-0.3, -0.25) is 9.59 Å². The molecule has 1 saturated heterocycles. The fraction of sp³-hybridized carbons (Fsp3) is 0.250. The predicted molar refractivity (Wildman–Crippen MR) is 96.8 cm³/mol. The molecule has 2 heterocycles. The van der Waals surface area contributed by atoms with Gasteiger partial charge in [0.2, 0.25) is 5.91 Å². The molecule has 4 rings (SSSR count). The molecule has 132 valence electrons. The third-order valence-electron chi connectivity index (χ3n) is 4.83. The Balaban J connectivity index is 1.55. The highest BCUT2D eigenvalue weighted by molar-refractivity contribution is 6.05. The summed E-state index contributed by atoms with van der Waals surface area (Å²) >= 11 is 0. The van der Waals surface area contributed by atoms with Crippen molar-refractivity contribution in [2.75, 3.05) is 16.8 Å². The number of benzene rings is 2. The summed E-state index contributed by atoms with van der Waals surface area (Å²) in [7, 11) is 0. The number of hydrogen-bond acceptors (Lipinski definition) is 5. The summed E-state index contributed by atoms with van der Waals surface area (Å²) in [5.41, 5.74) is 2.49. The molecule has 2 aromatic rings. The van der Waals surface area contributed by atoms with Crippen molar-refractivity contribution in [2.45, 2.75) is 25.8 Å². The maximum Gasteiger partial charge on any atom is 0.343 e. The third kappa shape index (κ3) is 2.83. The second kappa shape index (κ2) is 6.29. The van der Waals surface area contributed by atoms with Crippen LogP contribution in [0.2, 0.25) is 0 Å². The van der Waals surface area contributed by atoms with E-state index in [1.165, 1.54) is 6.92 Å². The number of Topliss-reactive ketones (excluding diaryl/α,β-unsaturated/α-hetero) is 1. The molecule has 0 aliphatic carbocycles. The van der Waals surface area contributed by atoms with Crippen LogP contribution < -0.4 is 15.0 Å². The minimum atomic E-state index is -0.513. The number of anilines is 2. The Kier molecular flexibility index (Phi) is 3.95. The quantitative estimate of drug-likeness (QED) is 0.523. The summed E-state index contributed by atoms with van der Waals surface area (Å²) in [6.45, 7) is 2.32. The van der Waals surface area contributed by atoms with E-state index in [1.54, 1.807) is 36.4 Å². The number of carbonyl (C=O) groups excluding carboxylic acids is 3. The number of fused-ring (bicyclic) bond motifs is 3. The van der Waals surface area contributed by atoms with Crippen LogP contribution >= 0.6 is 0 Å². The van der Waals surface area contributed by atoms with Gasteiger partial charge >= 0.3 is 5.97 Å². The molecule has 1 fully saturated rings. The predicted octanol–water partition coefficient (Wildman–Crippen LogP) is 3.03. The van der Waals surface area contributed by atoms with E-state index in [9.17, 15) is 14.4 Å². The monoisotopic (exact) mass is 350 g/mol. The first-order valence-electron chi connectivity index (χ1n) is 8.57. The van der Waals surface area contributed by atoms with Crippen LogP contribution in [-0.2, 0) is 4.79 Å². The van der Waals surface area contributed by atoms with Crippen LogP contribution in [0.25, 0.3) is 0 Å². The molecular weight excluding hydrogens is 332 g/mol. The highest BCUT2D eigenvalue weighted by Gasteiger charge is 2.36. The molecule has 0 spiro atoms. The summed E-state index contributed by atoms with van der Waals surface area (Å²) in [4.78, 5) is 38.0. The number of nitrogens with one attached hydrogen (secondary N) is 1. The maximum atomic E-state index is 12.4. The molecule has 2 aromatic carbocycles. The minimum Gasteiger partial charge on any atom is -0.423 e. The Morgan fingerprint density at radius 2 is 1.85 bits per heavy atom. The molecule has 0 bridgehead atoms. The topological polar surface area (TPSA) is 75.7 Å². The summed E-state index contributed by atoms with van der Waals surface area (Å²) < 4.78 is 5.36. The van der Waals surface area contributed by atoms with Gasteiger partial charge < -0.3 is 15.0 Å². The van der Waals surface area contributed by atoms with Gasteiger partial charge in [-0.1, -0.05) is 0 Å². The molecule has 26 heavy (non-hydrogen) atoms. The number of amides is 1. The number of ether oxygens (including phenoxy) is 1. The van der Waals surface area contributed by atoms with E-state index in [4.69, 9.17) is 4.74 Å². The molecule has 0 aromatic heterocycles. The molecule has 1 N–H and O–H groups in total. The van der Waals surface area contributed by atoms with Crippen LogP contribution in [-0.4, -0.2) is 30.2 Å². The second-order valence-electron chi connectivity index (χ2n) is 6.54. The Labute approximate surface area is 150 Å². The van der Waals surface area contributed by atoms with Crippen LogP contribution in [0.4, 0.5) is 11.4 Å². The van der Waals surface area contributed by atoms with Crippen molar-refractivity contribution in [3.8, 4) is 5.75 Å². The Bertz CT molecular complexity index is 905. The molecular formula is C20H18N2O4. The summed E-state index contributed by atoms with van der Waals surface area (Å²) in [5.74, 6) is -0.226. The molecule has 1 amide bonds. The van der Waals surface area contributed by atoms with Gasteiger partial charge in [0, 0.05) is 12.1 Å². The van der Waals surface area contributed by atoms with Gasteiger partial charge in [0.1, 0.15) is 11.8 Å². The Morgan fingerprint density at radius 1 is 1.12 bits per heavy atom. The zero-order valence-corrected chi connectivity index (χ0v) is 14.3. The standard InChI is InChI=1S/C20H18N2O4/c1-12(23)13-4-7-15(8-5-13)26-20(25)14-6-9-17-16(11-14)21-19(24)18-3-2-10-22(17)18/h4-9,11,18H,2-3,10H2,1H3,(H,21,24)/t18-/m1/s1. The van der Waals surface area contributed by atoms with Gasteiger partial charge in [-0.15, -0.1) is 0 Å². The van der Waals surface area contributed by atoms with Crippen molar-refractivity contribution in [2.24, 2.45) is 0 Å². The lowest BCUT2D eigenvalue weighted by Gasteiger charge is -2.33. The van der Waals surface area contributed by atoms with E-state index >= 15 is 0 Å². The fourth-order valence-corrected chi connectivity index (χ4v) is 3.48. The molecule has 6 heteroatoms. The molecule has 1 atom stereocenters. The van der Waals surface area contributed by atoms with Crippen molar-refractivity contribution in [3.63, 3.8) is 0 Å². The molecule has 0 unspecified atom stereocenters. The Hall–Kier alpha value is -3.15. The molecule has 2 aliphatic heterocycles. The lowest BCUT2D eigenvalue weighted by molar-refractivity contribution is -0.117. The summed E-state index contributed by atoms with van der Waals surface area (Å²) in [6.07, 6.45) is 1.84. The summed E-state index contributed by atoms with van der Waals surface area (Å²) in [5, 5.41) is 2.88.